The second-order valence-corrected chi connectivity index (χ2v) is 7.02. The zero-order valence-electron chi connectivity index (χ0n) is 15.4. The van der Waals surface area contributed by atoms with E-state index >= 15 is 0 Å². The number of unbranched alkanes of at least 4 members (excludes halogenated alkanes) is 9. The molecule has 0 saturated carbocycles. The molecule has 3 heteroatoms. The van der Waals surface area contributed by atoms with Crippen molar-refractivity contribution >= 4 is 16.8 Å². The Balaban J connectivity index is 2.14. The van der Waals surface area contributed by atoms with Crippen LogP contribution in [0.5, 0.6) is 5.75 Å². The Morgan fingerprint density at radius 1 is 0.958 bits per heavy atom. The van der Waals surface area contributed by atoms with Crippen LogP contribution in [0.25, 0.3) is 0 Å². The van der Waals surface area contributed by atoms with Crippen LogP contribution in [0.2, 0.25) is 0 Å². The van der Waals surface area contributed by atoms with E-state index in [1.54, 1.807) is 0 Å². The van der Waals surface area contributed by atoms with Gasteiger partial charge in [0.15, 0.2) is 6.10 Å². The minimum atomic E-state index is -0.526. The maximum absolute atomic E-state index is 11.6. The van der Waals surface area contributed by atoms with Crippen LogP contribution in [-0.2, 0) is 4.79 Å². The highest BCUT2D eigenvalue weighted by Crippen LogP contribution is 2.21. The third-order valence-electron chi connectivity index (χ3n) is 4.44. The van der Waals surface area contributed by atoms with Crippen molar-refractivity contribution in [3.63, 3.8) is 0 Å². The van der Waals surface area contributed by atoms with Crippen LogP contribution in [0.3, 0.4) is 0 Å². The van der Waals surface area contributed by atoms with Gasteiger partial charge in [-0.25, -0.2) is 0 Å². The molecule has 0 heterocycles. The second kappa shape index (κ2) is 13.3. The first-order valence-electron chi connectivity index (χ1n) is 9.56. The quantitative estimate of drug-likeness (QED) is 0.271. The van der Waals surface area contributed by atoms with Crippen molar-refractivity contribution in [2.75, 3.05) is 0 Å². The molecular formula is C21H33ClO2. The number of carbonyl (C=O) groups is 1. The van der Waals surface area contributed by atoms with Gasteiger partial charge in [0.25, 0.3) is 5.24 Å². The predicted molar refractivity (Wildman–Crippen MR) is 103 cm³/mol. The van der Waals surface area contributed by atoms with E-state index in [1.807, 2.05) is 31.2 Å². The molecule has 1 aromatic carbocycles. The van der Waals surface area contributed by atoms with Gasteiger partial charge in [0.2, 0.25) is 0 Å². The van der Waals surface area contributed by atoms with Gasteiger partial charge < -0.3 is 4.74 Å². The highest BCUT2D eigenvalue weighted by atomic mass is 35.5. The summed E-state index contributed by atoms with van der Waals surface area (Å²) in [6, 6.07) is 7.74. The predicted octanol–water partition coefficient (Wildman–Crippen LogP) is 6.82. The standard InChI is InChI=1S/C21H33ClO2/c1-3-4-5-6-7-8-9-10-11-12-17-20(21(22)23)24-19-16-14-13-15-18(19)2/h13-16,20H,3-12,17H2,1-2H3. The molecule has 1 atom stereocenters. The van der Waals surface area contributed by atoms with Crippen LogP contribution in [0, 0.1) is 6.92 Å². The molecule has 24 heavy (non-hydrogen) atoms. The Morgan fingerprint density at radius 2 is 1.50 bits per heavy atom. The maximum Gasteiger partial charge on any atom is 0.262 e. The van der Waals surface area contributed by atoms with Gasteiger partial charge in [0, 0.05) is 0 Å². The van der Waals surface area contributed by atoms with Crippen molar-refractivity contribution in [1.29, 1.82) is 0 Å². The van der Waals surface area contributed by atoms with E-state index < -0.39 is 11.3 Å². The fourth-order valence-corrected chi connectivity index (χ4v) is 3.03. The SMILES string of the molecule is CCCCCCCCCCCCC(Oc1ccccc1C)C(=O)Cl. The van der Waals surface area contributed by atoms with Gasteiger partial charge in [0.05, 0.1) is 0 Å². The first-order valence-corrected chi connectivity index (χ1v) is 9.94. The van der Waals surface area contributed by atoms with Gasteiger partial charge in [-0.2, -0.15) is 0 Å². The van der Waals surface area contributed by atoms with Crippen molar-refractivity contribution in [2.45, 2.75) is 90.6 Å². The van der Waals surface area contributed by atoms with Gasteiger partial charge >= 0.3 is 0 Å². The Kier molecular flexibility index (Phi) is 11.6. The average molecular weight is 353 g/mol. The normalized spacial score (nSPS) is 12.1. The molecule has 0 N–H and O–H groups in total. The Labute approximate surface area is 152 Å². The van der Waals surface area contributed by atoms with Gasteiger partial charge in [-0.3, -0.25) is 4.79 Å². The van der Waals surface area contributed by atoms with E-state index in [0.717, 1.165) is 24.2 Å². The summed E-state index contributed by atoms with van der Waals surface area (Å²) in [7, 11) is 0. The summed E-state index contributed by atoms with van der Waals surface area (Å²) in [4.78, 5) is 11.6. The Hall–Kier alpha value is -1.02. The molecule has 0 amide bonds. The van der Waals surface area contributed by atoms with Crippen LogP contribution in [0.4, 0.5) is 0 Å². The largest absolute Gasteiger partial charge is 0.481 e. The van der Waals surface area contributed by atoms with Crippen LogP contribution in [-0.4, -0.2) is 11.3 Å². The van der Waals surface area contributed by atoms with Gasteiger partial charge in [-0.15, -0.1) is 0 Å². The number of para-hydroxylation sites is 1. The minimum absolute atomic E-state index is 0.394. The first kappa shape index (κ1) is 21.0. The van der Waals surface area contributed by atoms with E-state index in [1.165, 1.54) is 51.4 Å². The molecule has 0 saturated heterocycles. The van der Waals surface area contributed by atoms with E-state index in [9.17, 15) is 4.79 Å². The number of rotatable bonds is 14. The molecule has 1 rings (SSSR count). The fourth-order valence-electron chi connectivity index (χ4n) is 2.88. The lowest BCUT2D eigenvalue weighted by Gasteiger charge is -2.16. The van der Waals surface area contributed by atoms with Crippen molar-refractivity contribution in [3.05, 3.63) is 29.8 Å². The topological polar surface area (TPSA) is 26.3 Å². The van der Waals surface area contributed by atoms with Crippen molar-refractivity contribution in [2.24, 2.45) is 0 Å². The summed E-state index contributed by atoms with van der Waals surface area (Å²) in [5.74, 6) is 0.753. The van der Waals surface area contributed by atoms with Gasteiger partial charge in [-0.1, -0.05) is 82.9 Å². The zero-order valence-corrected chi connectivity index (χ0v) is 16.1. The monoisotopic (exact) mass is 352 g/mol. The average Bonchev–Trinajstić information content (AvgIpc) is 2.57. The summed E-state index contributed by atoms with van der Waals surface area (Å²) >= 11 is 5.71. The number of carbonyl (C=O) groups excluding carboxylic acids is 1. The number of hydrogen-bond acceptors (Lipinski definition) is 2. The van der Waals surface area contributed by atoms with Gasteiger partial charge in [-0.05, 0) is 43.0 Å². The molecule has 136 valence electrons. The number of ether oxygens (including phenoxy) is 1. The summed E-state index contributed by atoms with van der Waals surface area (Å²) in [6.45, 7) is 4.23. The van der Waals surface area contributed by atoms with Crippen molar-refractivity contribution in [3.8, 4) is 5.75 Å². The summed E-state index contributed by atoms with van der Waals surface area (Å²) < 4.78 is 5.81. The Morgan fingerprint density at radius 3 is 2.04 bits per heavy atom. The lowest BCUT2D eigenvalue weighted by molar-refractivity contribution is -0.118. The number of halogens is 1. The van der Waals surface area contributed by atoms with Gasteiger partial charge in [0.1, 0.15) is 5.75 Å². The van der Waals surface area contributed by atoms with Crippen molar-refractivity contribution < 1.29 is 9.53 Å². The van der Waals surface area contributed by atoms with E-state index in [4.69, 9.17) is 16.3 Å². The van der Waals surface area contributed by atoms with Crippen molar-refractivity contribution in [1.82, 2.24) is 0 Å². The first-order chi connectivity index (χ1) is 11.6. The lowest BCUT2D eigenvalue weighted by atomic mass is 10.0. The smallest absolute Gasteiger partial charge is 0.262 e. The highest BCUT2D eigenvalue weighted by Gasteiger charge is 2.18. The van der Waals surface area contributed by atoms with E-state index in [-0.39, 0.29) is 0 Å². The molecule has 0 aliphatic heterocycles. The molecular weight excluding hydrogens is 320 g/mol. The second-order valence-electron chi connectivity index (χ2n) is 6.65. The minimum Gasteiger partial charge on any atom is -0.481 e. The highest BCUT2D eigenvalue weighted by molar-refractivity contribution is 6.64. The molecule has 1 unspecified atom stereocenters. The summed E-state index contributed by atoms with van der Waals surface area (Å²) in [5.41, 5.74) is 1.03. The van der Waals surface area contributed by atoms with Crippen LogP contribution >= 0.6 is 11.6 Å². The van der Waals surface area contributed by atoms with Crippen LogP contribution in [0.15, 0.2) is 24.3 Å². The summed E-state index contributed by atoms with van der Waals surface area (Å²) in [5, 5.41) is -0.394. The summed E-state index contributed by atoms with van der Waals surface area (Å²) in [6.07, 6.45) is 13.0. The zero-order chi connectivity index (χ0) is 17.6. The van der Waals surface area contributed by atoms with Crippen LogP contribution in [0.1, 0.15) is 83.1 Å². The molecule has 0 radical (unpaired) electrons. The molecule has 2 nitrogen and oxygen atoms in total. The molecule has 1 aromatic rings. The third kappa shape index (κ3) is 9.32. The molecule has 0 aliphatic rings. The number of aryl methyl sites for hydroxylation is 1. The number of benzene rings is 1. The molecule has 0 aromatic heterocycles. The third-order valence-corrected chi connectivity index (χ3v) is 4.68. The lowest BCUT2D eigenvalue weighted by Crippen LogP contribution is -2.23. The molecule has 0 spiro atoms. The number of hydrogen-bond donors (Lipinski definition) is 0. The molecule has 0 bridgehead atoms. The van der Waals surface area contributed by atoms with E-state index in [0.29, 0.717) is 6.42 Å². The van der Waals surface area contributed by atoms with E-state index in [2.05, 4.69) is 6.92 Å². The fraction of sp³-hybridized carbons (Fsp3) is 0.667. The molecule has 0 fully saturated rings. The molecule has 0 aliphatic carbocycles. The van der Waals surface area contributed by atoms with Crippen LogP contribution < -0.4 is 4.74 Å². The maximum atomic E-state index is 11.6. The Bertz CT molecular complexity index is 459.